The molecule has 142 valence electrons. The zero-order valence-electron chi connectivity index (χ0n) is 15.1. The van der Waals surface area contributed by atoms with Gasteiger partial charge in [0.15, 0.2) is 10.8 Å². The Kier molecular flexibility index (Phi) is 6.46. The highest BCUT2D eigenvalue weighted by molar-refractivity contribution is 7.98. The standard InChI is InChI=1S/C17H20ClN7OS/c1-3-6-19-14-12-10-22-25(15(12)24-17(23-14)27-2)8-7-20-16(26)11-4-5-13(18)21-9-11/h4-5,9-10H,3,6-8H2,1-2H3,(H,20,26)(H,19,23,24). The normalized spacial score (nSPS) is 10.9. The summed E-state index contributed by atoms with van der Waals surface area (Å²) in [5, 5.41) is 12.5. The number of halogens is 1. The van der Waals surface area contributed by atoms with Crippen molar-refractivity contribution in [1.82, 2.24) is 30.0 Å². The van der Waals surface area contributed by atoms with Crippen LogP contribution in [0.4, 0.5) is 5.82 Å². The number of hydrogen-bond donors (Lipinski definition) is 2. The average molecular weight is 406 g/mol. The van der Waals surface area contributed by atoms with Crippen LogP contribution in [0.25, 0.3) is 11.0 Å². The lowest BCUT2D eigenvalue weighted by atomic mass is 10.3. The average Bonchev–Trinajstić information content (AvgIpc) is 3.09. The predicted octanol–water partition coefficient (Wildman–Crippen LogP) is 2.85. The van der Waals surface area contributed by atoms with Gasteiger partial charge in [0.25, 0.3) is 5.91 Å². The van der Waals surface area contributed by atoms with E-state index in [1.807, 2.05) is 6.26 Å². The first-order valence-corrected chi connectivity index (χ1v) is 10.1. The van der Waals surface area contributed by atoms with Crippen LogP contribution in [-0.2, 0) is 6.54 Å². The number of carbonyl (C=O) groups excluding carboxylic acids is 1. The van der Waals surface area contributed by atoms with Gasteiger partial charge in [0, 0.05) is 19.3 Å². The maximum Gasteiger partial charge on any atom is 0.252 e. The van der Waals surface area contributed by atoms with Gasteiger partial charge in [-0.25, -0.2) is 19.6 Å². The fourth-order valence-corrected chi connectivity index (χ4v) is 2.93. The van der Waals surface area contributed by atoms with E-state index in [1.165, 1.54) is 18.0 Å². The van der Waals surface area contributed by atoms with E-state index in [-0.39, 0.29) is 5.91 Å². The van der Waals surface area contributed by atoms with Crippen LogP contribution in [0, 0.1) is 0 Å². The van der Waals surface area contributed by atoms with Crippen LogP contribution in [0.15, 0.2) is 29.7 Å². The van der Waals surface area contributed by atoms with Crippen molar-refractivity contribution in [2.24, 2.45) is 0 Å². The Morgan fingerprint density at radius 1 is 1.26 bits per heavy atom. The van der Waals surface area contributed by atoms with E-state index in [0.29, 0.717) is 29.0 Å². The molecular formula is C17H20ClN7OS. The molecule has 1 amide bonds. The Morgan fingerprint density at radius 2 is 2.11 bits per heavy atom. The number of aromatic nitrogens is 5. The van der Waals surface area contributed by atoms with Gasteiger partial charge in [-0.05, 0) is 24.8 Å². The summed E-state index contributed by atoms with van der Waals surface area (Å²) in [7, 11) is 0. The second kappa shape index (κ2) is 9.01. The van der Waals surface area contributed by atoms with Crippen LogP contribution < -0.4 is 10.6 Å². The molecule has 3 rings (SSSR count). The first kappa shape index (κ1) is 19.4. The number of anilines is 1. The lowest BCUT2D eigenvalue weighted by molar-refractivity contribution is 0.0951. The molecule has 0 radical (unpaired) electrons. The summed E-state index contributed by atoms with van der Waals surface area (Å²) in [4.78, 5) is 25.2. The van der Waals surface area contributed by atoms with E-state index in [4.69, 9.17) is 11.6 Å². The maximum absolute atomic E-state index is 12.2. The van der Waals surface area contributed by atoms with Crippen molar-refractivity contribution in [3.63, 3.8) is 0 Å². The lowest BCUT2D eigenvalue weighted by Crippen LogP contribution is -2.27. The first-order chi connectivity index (χ1) is 13.1. The first-order valence-electron chi connectivity index (χ1n) is 8.53. The molecule has 0 spiro atoms. The van der Waals surface area contributed by atoms with E-state index in [0.717, 1.165) is 29.8 Å². The number of fused-ring (bicyclic) bond motifs is 1. The van der Waals surface area contributed by atoms with Gasteiger partial charge in [-0.1, -0.05) is 30.3 Å². The van der Waals surface area contributed by atoms with Crippen LogP contribution in [0.3, 0.4) is 0 Å². The third kappa shape index (κ3) is 4.67. The second-order valence-corrected chi connectivity index (χ2v) is 6.88. The molecule has 0 saturated carbocycles. The van der Waals surface area contributed by atoms with Gasteiger partial charge in [-0.3, -0.25) is 4.79 Å². The number of hydrogen-bond acceptors (Lipinski definition) is 7. The van der Waals surface area contributed by atoms with Gasteiger partial charge >= 0.3 is 0 Å². The van der Waals surface area contributed by atoms with Gasteiger partial charge in [0.05, 0.1) is 23.7 Å². The van der Waals surface area contributed by atoms with Crippen LogP contribution in [0.5, 0.6) is 0 Å². The fourth-order valence-electron chi connectivity index (χ4n) is 2.46. The number of pyridine rings is 1. The smallest absolute Gasteiger partial charge is 0.252 e. The molecule has 2 N–H and O–H groups in total. The number of nitrogens with zero attached hydrogens (tertiary/aromatic N) is 5. The SMILES string of the molecule is CCCNc1nc(SC)nc2c1cnn2CCNC(=O)c1ccc(Cl)nc1. The summed E-state index contributed by atoms with van der Waals surface area (Å²) in [6.07, 6.45) is 6.14. The molecule has 0 aliphatic carbocycles. The molecule has 8 nitrogen and oxygen atoms in total. The number of amides is 1. The third-order valence-corrected chi connectivity index (χ3v) is 4.57. The van der Waals surface area contributed by atoms with Crippen LogP contribution in [-0.4, -0.2) is 50.0 Å². The van der Waals surface area contributed by atoms with Crippen molar-refractivity contribution >= 4 is 46.1 Å². The summed E-state index contributed by atoms with van der Waals surface area (Å²) in [5.41, 5.74) is 1.21. The minimum atomic E-state index is -0.208. The summed E-state index contributed by atoms with van der Waals surface area (Å²) in [5.74, 6) is 0.578. The van der Waals surface area contributed by atoms with Crippen molar-refractivity contribution in [1.29, 1.82) is 0 Å². The summed E-state index contributed by atoms with van der Waals surface area (Å²) in [6, 6.07) is 3.22. The molecule has 27 heavy (non-hydrogen) atoms. The predicted molar refractivity (Wildman–Crippen MR) is 107 cm³/mol. The van der Waals surface area contributed by atoms with Crippen LogP contribution in [0.2, 0.25) is 5.15 Å². The van der Waals surface area contributed by atoms with Gasteiger partial charge in [-0.15, -0.1) is 0 Å². The van der Waals surface area contributed by atoms with E-state index < -0.39 is 0 Å². The molecule has 3 aromatic heterocycles. The van der Waals surface area contributed by atoms with Crippen molar-refractivity contribution < 1.29 is 4.79 Å². The molecule has 0 bridgehead atoms. The van der Waals surface area contributed by atoms with Gasteiger partial charge < -0.3 is 10.6 Å². The molecular weight excluding hydrogens is 386 g/mol. The highest BCUT2D eigenvalue weighted by Crippen LogP contribution is 2.23. The maximum atomic E-state index is 12.2. The Bertz CT molecular complexity index is 929. The molecule has 10 heteroatoms. The molecule has 3 aromatic rings. The van der Waals surface area contributed by atoms with Crippen molar-refractivity contribution in [2.75, 3.05) is 24.7 Å². The zero-order valence-corrected chi connectivity index (χ0v) is 16.6. The highest BCUT2D eigenvalue weighted by Gasteiger charge is 2.13. The Balaban J connectivity index is 1.71. The topological polar surface area (TPSA) is 97.6 Å². The minimum Gasteiger partial charge on any atom is -0.369 e. The zero-order chi connectivity index (χ0) is 19.2. The fraction of sp³-hybridized carbons (Fsp3) is 0.353. The van der Waals surface area contributed by atoms with Crippen molar-refractivity contribution in [3.8, 4) is 0 Å². The summed E-state index contributed by atoms with van der Waals surface area (Å²) < 4.78 is 1.77. The Hall–Kier alpha value is -2.39. The third-order valence-electron chi connectivity index (χ3n) is 3.80. The monoisotopic (exact) mass is 405 g/mol. The summed E-state index contributed by atoms with van der Waals surface area (Å²) >= 11 is 7.22. The van der Waals surface area contributed by atoms with Crippen LogP contribution >= 0.6 is 23.4 Å². The Labute approximate surface area is 166 Å². The largest absolute Gasteiger partial charge is 0.369 e. The van der Waals surface area contributed by atoms with E-state index in [1.54, 1.807) is 23.0 Å². The van der Waals surface area contributed by atoms with E-state index >= 15 is 0 Å². The summed E-state index contributed by atoms with van der Waals surface area (Å²) in [6.45, 7) is 3.84. The number of nitrogens with one attached hydrogen (secondary N) is 2. The van der Waals surface area contributed by atoms with Gasteiger partial charge in [0.2, 0.25) is 0 Å². The molecule has 0 unspecified atom stereocenters. The molecule has 0 atom stereocenters. The van der Waals surface area contributed by atoms with Gasteiger partial charge in [0.1, 0.15) is 11.0 Å². The van der Waals surface area contributed by atoms with E-state index in [9.17, 15) is 4.79 Å². The quantitative estimate of drug-likeness (QED) is 0.338. The molecule has 0 aromatic carbocycles. The Morgan fingerprint density at radius 3 is 2.81 bits per heavy atom. The highest BCUT2D eigenvalue weighted by atomic mass is 35.5. The number of rotatable bonds is 8. The van der Waals surface area contributed by atoms with Crippen LogP contribution in [0.1, 0.15) is 23.7 Å². The minimum absolute atomic E-state index is 0.208. The van der Waals surface area contributed by atoms with Gasteiger partial charge in [-0.2, -0.15) is 5.10 Å². The molecule has 0 saturated heterocycles. The molecule has 0 fully saturated rings. The second-order valence-electron chi connectivity index (χ2n) is 5.72. The van der Waals surface area contributed by atoms with Crippen molar-refractivity contribution in [3.05, 3.63) is 35.2 Å². The molecule has 3 heterocycles. The lowest BCUT2D eigenvalue weighted by Gasteiger charge is -2.09. The number of carbonyl (C=O) groups is 1. The number of thioether (sulfide) groups is 1. The molecule has 0 aliphatic rings. The van der Waals surface area contributed by atoms with E-state index in [2.05, 4.69) is 37.6 Å². The van der Waals surface area contributed by atoms with Crippen molar-refractivity contribution in [2.45, 2.75) is 25.0 Å². The molecule has 0 aliphatic heterocycles.